The first-order chi connectivity index (χ1) is 16.0. The molecule has 2 amide bonds. The molecule has 1 fully saturated rings. The number of amides is 2. The summed E-state index contributed by atoms with van der Waals surface area (Å²) in [6, 6.07) is 13.7. The van der Waals surface area contributed by atoms with Gasteiger partial charge in [0.25, 0.3) is 0 Å². The summed E-state index contributed by atoms with van der Waals surface area (Å²) in [5, 5.41) is 3.81. The van der Waals surface area contributed by atoms with Gasteiger partial charge in [0.2, 0.25) is 11.8 Å². The molecule has 1 saturated heterocycles. The molecule has 0 atom stereocenters. The van der Waals surface area contributed by atoms with Gasteiger partial charge in [0.1, 0.15) is 5.03 Å². The number of anilines is 1. The number of para-hydroxylation sites is 3. The molecule has 7 nitrogen and oxygen atoms in total. The Morgan fingerprint density at radius 1 is 0.970 bits per heavy atom. The van der Waals surface area contributed by atoms with Gasteiger partial charge in [-0.2, -0.15) is 0 Å². The van der Waals surface area contributed by atoms with E-state index >= 15 is 0 Å². The van der Waals surface area contributed by atoms with E-state index in [-0.39, 0.29) is 11.8 Å². The molecule has 2 heterocycles. The molecule has 1 aliphatic rings. The van der Waals surface area contributed by atoms with E-state index in [1.165, 1.54) is 11.8 Å². The maximum atomic E-state index is 12.8. The van der Waals surface area contributed by atoms with Crippen LogP contribution in [0.4, 0.5) is 5.69 Å². The maximum Gasteiger partial charge on any atom is 0.238 e. The van der Waals surface area contributed by atoms with Crippen molar-refractivity contribution >= 4 is 40.3 Å². The Bertz CT molecular complexity index is 1130. The number of hydrogen-bond donors (Lipinski definition) is 1. The second kappa shape index (κ2) is 10.8. The number of carbonyl (C=O) groups excluding carboxylic acids is 2. The van der Waals surface area contributed by atoms with Crippen molar-refractivity contribution in [3.8, 4) is 0 Å². The average molecular weight is 464 g/mol. The number of fused-ring (bicyclic) bond motifs is 1. The number of aromatic nitrogens is 2. The average Bonchev–Trinajstić information content (AvgIpc) is 3.05. The third-order valence-corrected chi connectivity index (χ3v) is 6.71. The van der Waals surface area contributed by atoms with Crippen molar-refractivity contribution in [2.45, 2.75) is 25.3 Å². The first-order valence-electron chi connectivity index (χ1n) is 11.2. The highest BCUT2D eigenvalue weighted by atomic mass is 32.2. The first kappa shape index (κ1) is 23.2. The van der Waals surface area contributed by atoms with Gasteiger partial charge < -0.3 is 10.2 Å². The Labute approximate surface area is 198 Å². The number of aryl methyl sites for hydroxylation is 2. The second-order valence-corrected chi connectivity index (χ2v) is 9.31. The zero-order chi connectivity index (χ0) is 23.2. The highest BCUT2D eigenvalue weighted by Gasteiger charge is 2.21. The molecule has 1 N–H and O–H groups in total. The number of carbonyl (C=O) groups is 2. The third kappa shape index (κ3) is 6.09. The summed E-state index contributed by atoms with van der Waals surface area (Å²) >= 11 is 1.42. The van der Waals surface area contributed by atoms with Crippen LogP contribution < -0.4 is 5.32 Å². The molecule has 0 bridgehead atoms. The molecule has 0 aliphatic carbocycles. The van der Waals surface area contributed by atoms with Crippen LogP contribution in [0.1, 0.15) is 17.5 Å². The Morgan fingerprint density at radius 2 is 1.73 bits per heavy atom. The standard InChI is InChI=1S/C25H29N5O2S/c1-18-7-5-8-19(2)25(18)28-22(31)16-29-11-6-12-30(14-13-29)24(32)17-33-23-15-26-20-9-3-4-10-21(20)27-23/h3-5,7-10,15H,6,11-14,16-17H2,1-2H3,(H,28,31). The van der Waals surface area contributed by atoms with Gasteiger partial charge in [-0.3, -0.25) is 19.5 Å². The second-order valence-electron chi connectivity index (χ2n) is 8.31. The van der Waals surface area contributed by atoms with Crippen molar-refractivity contribution in [3.63, 3.8) is 0 Å². The molecule has 172 valence electrons. The fourth-order valence-corrected chi connectivity index (χ4v) is 4.75. The lowest BCUT2D eigenvalue weighted by atomic mass is 10.1. The highest BCUT2D eigenvalue weighted by Crippen LogP contribution is 2.20. The van der Waals surface area contributed by atoms with E-state index < -0.39 is 0 Å². The molecule has 1 aliphatic heterocycles. The summed E-state index contributed by atoms with van der Waals surface area (Å²) in [5.41, 5.74) is 4.69. The Balaban J connectivity index is 1.26. The normalized spacial score (nSPS) is 14.8. The molecule has 2 aromatic carbocycles. The van der Waals surface area contributed by atoms with E-state index in [9.17, 15) is 9.59 Å². The lowest BCUT2D eigenvalue weighted by Gasteiger charge is -2.22. The lowest BCUT2D eigenvalue weighted by Crippen LogP contribution is -2.38. The van der Waals surface area contributed by atoms with E-state index in [1.54, 1.807) is 6.20 Å². The number of hydrogen-bond acceptors (Lipinski definition) is 6. The minimum atomic E-state index is -0.0161. The van der Waals surface area contributed by atoms with Crippen LogP contribution >= 0.6 is 11.8 Å². The third-order valence-electron chi connectivity index (χ3n) is 5.82. The summed E-state index contributed by atoms with van der Waals surface area (Å²) in [6.45, 7) is 7.15. The zero-order valence-corrected chi connectivity index (χ0v) is 19.9. The maximum absolute atomic E-state index is 12.8. The quantitative estimate of drug-likeness (QED) is 0.564. The predicted molar refractivity (Wildman–Crippen MR) is 132 cm³/mol. The van der Waals surface area contributed by atoms with Crippen LogP contribution in [0.25, 0.3) is 11.0 Å². The van der Waals surface area contributed by atoms with E-state index in [0.717, 1.165) is 45.8 Å². The summed E-state index contributed by atoms with van der Waals surface area (Å²) in [5.74, 6) is 0.412. The van der Waals surface area contributed by atoms with Crippen LogP contribution in [0.15, 0.2) is 53.7 Å². The molecule has 0 radical (unpaired) electrons. The molecule has 4 rings (SSSR count). The SMILES string of the molecule is Cc1cccc(C)c1NC(=O)CN1CCCN(C(=O)CSc2cnc3ccccc3n2)CC1. The largest absolute Gasteiger partial charge is 0.341 e. The fraction of sp³-hybridized carbons (Fsp3) is 0.360. The lowest BCUT2D eigenvalue weighted by molar-refractivity contribution is -0.128. The van der Waals surface area contributed by atoms with Crippen molar-refractivity contribution in [1.82, 2.24) is 19.8 Å². The van der Waals surface area contributed by atoms with E-state index in [4.69, 9.17) is 0 Å². The van der Waals surface area contributed by atoms with Crippen molar-refractivity contribution in [2.75, 3.05) is 43.8 Å². The van der Waals surface area contributed by atoms with Gasteiger partial charge in [-0.25, -0.2) is 4.98 Å². The molecular weight excluding hydrogens is 434 g/mol. The Morgan fingerprint density at radius 3 is 2.52 bits per heavy atom. The fourth-order valence-electron chi connectivity index (χ4n) is 4.01. The topological polar surface area (TPSA) is 78.4 Å². The van der Waals surface area contributed by atoms with Crippen LogP contribution in [0.2, 0.25) is 0 Å². The molecule has 3 aromatic rings. The number of nitrogens with zero attached hydrogens (tertiary/aromatic N) is 4. The molecular formula is C25H29N5O2S. The number of nitrogens with one attached hydrogen (secondary N) is 1. The molecule has 0 spiro atoms. The Kier molecular flexibility index (Phi) is 7.57. The predicted octanol–water partition coefficient (Wildman–Crippen LogP) is 3.51. The van der Waals surface area contributed by atoms with Crippen LogP contribution in [-0.4, -0.2) is 70.1 Å². The van der Waals surface area contributed by atoms with Crippen molar-refractivity contribution in [1.29, 1.82) is 0 Å². The number of thioether (sulfide) groups is 1. The van der Waals surface area contributed by atoms with Gasteiger partial charge in [-0.1, -0.05) is 42.1 Å². The van der Waals surface area contributed by atoms with Crippen LogP contribution in [0.3, 0.4) is 0 Å². The molecule has 1 aromatic heterocycles. The van der Waals surface area contributed by atoms with Crippen LogP contribution in [-0.2, 0) is 9.59 Å². The minimum absolute atomic E-state index is 0.0161. The molecule has 33 heavy (non-hydrogen) atoms. The summed E-state index contributed by atoms with van der Waals surface area (Å²) in [4.78, 5) is 38.4. The van der Waals surface area contributed by atoms with Gasteiger partial charge in [0.15, 0.2) is 0 Å². The van der Waals surface area contributed by atoms with E-state index in [0.29, 0.717) is 31.9 Å². The van der Waals surface area contributed by atoms with Crippen molar-refractivity contribution in [3.05, 3.63) is 59.8 Å². The first-order valence-corrected chi connectivity index (χ1v) is 12.2. The van der Waals surface area contributed by atoms with E-state index in [2.05, 4.69) is 20.2 Å². The summed E-state index contributed by atoms with van der Waals surface area (Å²) in [6.07, 6.45) is 2.57. The molecule has 0 saturated carbocycles. The minimum Gasteiger partial charge on any atom is -0.341 e. The van der Waals surface area contributed by atoms with Crippen LogP contribution in [0.5, 0.6) is 0 Å². The van der Waals surface area contributed by atoms with Gasteiger partial charge >= 0.3 is 0 Å². The summed E-state index contributed by atoms with van der Waals surface area (Å²) in [7, 11) is 0. The number of rotatable bonds is 6. The smallest absolute Gasteiger partial charge is 0.238 e. The zero-order valence-electron chi connectivity index (χ0n) is 19.1. The highest BCUT2D eigenvalue weighted by molar-refractivity contribution is 7.99. The van der Waals surface area contributed by atoms with Crippen molar-refractivity contribution < 1.29 is 9.59 Å². The number of benzene rings is 2. The van der Waals surface area contributed by atoms with Gasteiger partial charge in [-0.05, 0) is 43.5 Å². The van der Waals surface area contributed by atoms with Gasteiger partial charge in [0.05, 0.1) is 29.5 Å². The van der Waals surface area contributed by atoms with Crippen LogP contribution in [0, 0.1) is 13.8 Å². The van der Waals surface area contributed by atoms with Gasteiger partial charge in [-0.15, -0.1) is 0 Å². The molecule has 8 heteroatoms. The molecule has 0 unspecified atom stereocenters. The van der Waals surface area contributed by atoms with Crippen molar-refractivity contribution in [2.24, 2.45) is 0 Å². The Hall–Kier alpha value is -2.97. The monoisotopic (exact) mass is 463 g/mol. The van der Waals surface area contributed by atoms with Gasteiger partial charge in [0, 0.05) is 31.9 Å². The van der Waals surface area contributed by atoms with E-state index in [1.807, 2.05) is 61.2 Å². The summed E-state index contributed by atoms with van der Waals surface area (Å²) < 4.78 is 0.